The summed E-state index contributed by atoms with van der Waals surface area (Å²) >= 11 is 0. The van der Waals surface area contributed by atoms with Gasteiger partial charge >= 0.3 is 0 Å². The highest BCUT2D eigenvalue weighted by molar-refractivity contribution is 6.01. The van der Waals surface area contributed by atoms with Crippen LogP contribution in [0, 0.1) is 6.92 Å². The van der Waals surface area contributed by atoms with Crippen LogP contribution in [-0.4, -0.2) is 25.8 Å². The fourth-order valence-corrected chi connectivity index (χ4v) is 3.07. The van der Waals surface area contributed by atoms with Crippen LogP contribution in [0.3, 0.4) is 0 Å². The Balaban J connectivity index is 2.04. The van der Waals surface area contributed by atoms with Gasteiger partial charge in [-0.25, -0.2) is 4.98 Å². The average molecular weight is 267 g/mol. The maximum atomic E-state index is 4.56. The van der Waals surface area contributed by atoms with Gasteiger partial charge < -0.3 is 10.3 Å². The Kier molecular flexibility index (Phi) is 2.22. The third-order valence-electron chi connectivity index (χ3n) is 4.23. The van der Waals surface area contributed by atoms with Gasteiger partial charge in [0.05, 0.1) is 11.9 Å². The molecule has 0 radical (unpaired) electrons. The van der Waals surface area contributed by atoms with Crippen molar-refractivity contribution in [3.05, 3.63) is 29.8 Å². The first kappa shape index (κ1) is 11.5. The van der Waals surface area contributed by atoms with Gasteiger partial charge in [0.2, 0.25) is 0 Å². The van der Waals surface area contributed by atoms with Crippen LogP contribution in [-0.2, 0) is 13.5 Å². The molecule has 0 spiro atoms. The number of aromatic nitrogens is 4. The highest BCUT2D eigenvalue weighted by Crippen LogP contribution is 2.39. The lowest BCUT2D eigenvalue weighted by atomic mass is 9.96. The van der Waals surface area contributed by atoms with Crippen LogP contribution < -0.4 is 5.32 Å². The summed E-state index contributed by atoms with van der Waals surface area (Å²) in [5.41, 5.74) is 6.92. The zero-order chi connectivity index (χ0) is 13.9. The normalized spacial score (nSPS) is 17.4. The van der Waals surface area contributed by atoms with Crippen molar-refractivity contribution in [2.45, 2.75) is 26.3 Å². The van der Waals surface area contributed by atoms with E-state index in [1.54, 1.807) is 0 Å². The van der Waals surface area contributed by atoms with Crippen LogP contribution in [0.5, 0.6) is 0 Å². The Bertz CT molecular complexity index is 811. The fraction of sp³-hybridized carbons (Fsp3) is 0.333. The lowest BCUT2D eigenvalue weighted by molar-refractivity contribution is 0.740. The maximum absolute atomic E-state index is 4.56. The number of rotatable bonds is 1. The topological polar surface area (TPSA) is 58.5 Å². The van der Waals surface area contributed by atoms with Gasteiger partial charge in [-0.1, -0.05) is 0 Å². The third-order valence-corrected chi connectivity index (χ3v) is 4.23. The number of nitrogens with one attached hydrogen (secondary N) is 2. The van der Waals surface area contributed by atoms with E-state index >= 15 is 0 Å². The summed E-state index contributed by atoms with van der Waals surface area (Å²) in [6.07, 6.45) is 6.97. The zero-order valence-electron chi connectivity index (χ0n) is 11.9. The summed E-state index contributed by atoms with van der Waals surface area (Å²) in [5.74, 6) is 0. The van der Waals surface area contributed by atoms with E-state index in [0.29, 0.717) is 6.04 Å². The lowest BCUT2D eigenvalue weighted by Gasteiger charge is -2.24. The summed E-state index contributed by atoms with van der Waals surface area (Å²) in [4.78, 5) is 7.83. The van der Waals surface area contributed by atoms with Crippen LogP contribution >= 0.6 is 0 Å². The van der Waals surface area contributed by atoms with Crippen molar-refractivity contribution in [3.8, 4) is 11.1 Å². The second kappa shape index (κ2) is 3.85. The molecule has 1 aliphatic heterocycles. The highest BCUT2D eigenvalue weighted by Gasteiger charge is 2.23. The number of hydrogen-bond acceptors (Lipinski definition) is 3. The number of aromatic amines is 1. The molecule has 0 saturated heterocycles. The molecule has 5 nitrogen and oxygen atoms in total. The quantitative estimate of drug-likeness (QED) is 0.712. The van der Waals surface area contributed by atoms with Gasteiger partial charge in [-0.05, 0) is 25.8 Å². The Morgan fingerprint density at radius 3 is 2.90 bits per heavy atom. The Morgan fingerprint density at radius 2 is 2.15 bits per heavy atom. The van der Waals surface area contributed by atoms with Crippen molar-refractivity contribution in [1.82, 2.24) is 19.7 Å². The number of anilines is 1. The minimum absolute atomic E-state index is 0.430. The summed E-state index contributed by atoms with van der Waals surface area (Å²) < 4.78 is 1.90. The van der Waals surface area contributed by atoms with Gasteiger partial charge in [-0.15, -0.1) is 0 Å². The molecule has 1 unspecified atom stereocenters. The van der Waals surface area contributed by atoms with Crippen molar-refractivity contribution in [1.29, 1.82) is 0 Å². The minimum Gasteiger partial charge on any atom is -0.381 e. The third kappa shape index (κ3) is 1.43. The van der Waals surface area contributed by atoms with Crippen molar-refractivity contribution in [3.63, 3.8) is 0 Å². The molecular formula is C15H17N5. The molecule has 0 amide bonds. The van der Waals surface area contributed by atoms with Gasteiger partial charge in [0.1, 0.15) is 5.65 Å². The molecule has 2 N–H and O–H groups in total. The monoisotopic (exact) mass is 267 g/mol. The van der Waals surface area contributed by atoms with Gasteiger partial charge in [0.25, 0.3) is 0 Å². The molecule has 4 heterocycles. The predicted octanol–water partition coefficient (Wildman–Crippen LogP) is 2.63. The van der Waals surface area contributed by atoms with Crippen molar-refractivity contribution >= 4 is 16.7 Å². The molecule has 4 rings (SSSR count). The average Bonchev–Trinajstić information content (AvgIpc) is 2.97. The molecule has 3 aromatic heterocycles. The molecule has 1 aliphatic rings. The van der Waals surface area contributed by atoms with Crippen LogP contribution in [0.4, 0.5) is 5.69 Å². The van der Waals surface area contributed by atoms with Gasteiger partial charge in [0, 0.05) is 47.7 Å². The number of aryl methyl sites for hydroxylation is 1. The van der Waals surface area contributed by atoms with Crippen LogP contribution in [0.2, 0.25) is 0 Å². The lowest BCUT2D eigenvalue weighted by Crippen LogP contribution is -2.22. The minimum atomic E-state index is 0.430. The molecule has 0 bridgehead atoms. The smallest absolute Gasteiger partial charge is 0.139 e. The SMILES string of the molecule is Cc1c(-c2cnc3[nH]cc4c3c2NC(C)C4)cnn1C. The number of pyridine rings is 1. The maximum Gasteiger partial charge on any atom is 0.139 e. The summed E-state index contributed by atoms with van der Waals surface area (Å²) in [7, 11) is 1.97. The second-order valence-electron chi connectivity index (χ2n) is 5.60. The van der Waals surface area contributed by atoms with E-state index in [1.165, 1.54) is 16.6 Å². The Labute approximate surface area is 117 Å². The molecule has 0 aromatic carbocycles. The van der Waals surface area contributed by atoms with E-state index in [0.717, 1.165) is 28.9 Å². The van der Waals surface area contributed by atoms with E-state index < -0.39 is 0 Å². The van der Waals surface area contributed by atoms with Gasteiger partial charge in [0.15, 0.2) is 0 Å². The molecule has 0 saturated carbocycles. The molecule has 3 aromatic rings. The number of nitrogens with zero attached hydrogens (tertiary/aromatic N) is 3. The largest absolute Gasteiger partial charge is 0.381 e. The zero-order valence-corrected chi connectivity index (χ0v) is 11.9. The van der Waals surface area contributed by atoms with Gasteiger partial charge in [-0.3, -0.25) is 4.68 Å². The Morgan fingerprint density at radius 1 is 1.30 bits per heavy atom. The Hall–Kier alpha value is -2.30. The van der Waals surface area contributed by atoms with E-state index in [4.69, 9.17) is 0 Å². The van der Waals surface area contributed by atoms with Crippen LogP contribution in [0.15, 0.2) is 18.6 Å². The molecule has 0 aliphatic carbocycles. The molecule has 20 heavy (non-hydrogen) atoms. The predicted molar refractivity (Wildman–Crippen MR) is 79.8 cm³/mol. The van der Waals surface area contributed by atoms with Crippen LogP contribution in [0.25, 0.3) is 22.2 Å². The highest BCUT2D eigenvalue weighted by atomic mass is 15.3. The molecule has 0 fully saturated rings. The van der Waals surface area contributed by atoms with E-state index in [-0.39, 0.29) is 0 Å². The first-order valence-electron chi connectivity index (χ1n) is 6.89. The van der Waals surface area contributed by atoms with Crippen molar-refractivity contribution in [2.24, 2.45) is 7.05 Å². The number of hydrogen-bond donors (Lipinski definition) is 2. The fourth-order valence-electron chi connectivity index (χ4n) is 3.07. The van der Waals surface area contributed by atoms with Gasteiger partial charge in [-0.2, -0.15) is 5.10 Å². The van der Waals surface area contributed by atoms with Crippen molar-refractivity contribution < 1.29 is 0 Å². The van der Waals surface area contributed by atoms with E-state index in [1.807, 2.05) is 24.1 Å². The second-order valence-corrected chi connectivity index (χ2v) is 5.60. The first-order valence-corrected chi connectivity index (χ1v) is 6.89. The molecule has 5 heteroatoms. The van der Waals surface area contributed by atoms with E-state index in [2.05, 4.69) is 40.4 Å². The van der Waals surface area contributed by atoms with Crippen molar-refractivity contribution in [2.75, 3.05) is 5.32 Å². The standard InChI is InChI=1S/C15H17N5/c1-8-4-10-5-16-15-13(10)14(19-8)12(6-17-15)11-7-18-20(3)9(11)2/h5-8,19H,4H2,1-3H3,(H,16,17). The molecule has 102 valence electrons. The van der Waals surface area contributed by atoms with Crippen LogP contribution in [0.1, 0.15) is 18.2 Å². The molecule has 1 atom stereocenters. The summed E-state index contributed by atoms with van der Waals surface area (Å²) in [6, 6.07) is 0.430. The molecular weight excluding hydrogens is 250 g/mol. The number of H-pyrrole nitrogens is 1. The summed E-state index contributed by atoms with van der Waals surface area (Å²) in [5, 5.41) is 9.19. The van der Waals surface area contributed by atoms with E-state index in [9.17, 15) is 0 Å². The summed E-state index contributed by atoms with van der Waals surface area (Å²) in [6.45, 7) is 4.30. The first-order chi connectivity index (χ1) is 9.65.